The number of ether oxygens (including phenoxy) is 1. The molecule has 0 atom stereocenters. The Hall–Kier alpha value is -2.14. The maximum atomic E-state index is 12.0. The third-order valence-electron chi connectivity index (χ3n) is 3.82. The Labute approximate surface area is 123 Å². The molecular weight excluding hydrogens is 266 g/mol. The first-order valence-corrected chi connectivity index (χ1v) is 7.23. The van der Waals surface area contributed by atoms with Gasteiger partial charge in [-0.2, -0.15) is 0 Å². The Kier molecular flexibility index (Phi) is 4.01. The molecule has 3 rings (SSSR count). The van der Waals surface area contributed by atoms with Crippen LogP contribution in [0.1, 0.15) is 16.8 Å². The molecule has 1 aliphatic rings. The molecule has 1 aromatic heterocycles. The number of hydrogen-bond acceptors (Lipinski definition) is 5. The Balaban J connectivity index is 2.15. The fourth-order valence-corrected chi connectivity index (χ4v) is 2.79. The summed E-state index contributed by atoms with van der Waals surface area (Å²) in [6, 6.07) is 7.61. The van der Waals surface area contributed by atoms with Gasteiger partial charge in [-0.25, -0.2) is 9.78 Å². The van der Waals surface area contributed by atoms with E-state index in [1.54, 1.807) is 12.3 Å². The van der Waals surface area contributed by atoms with Gasteiger partial charge in [-0.1, -0.05) is 12.1 Å². The number of nitrogens with one attached hydrogen (secondary N) is 1. The maximum absolute atomic E-state index is 12.0. The van der Waals surface area contributed by atoms with Crippen LogP contribution in [0, 0.1) is 0 Å². The van der Waals surface area contributed by atoms with E-state index < -0.39 is 0 Å². The molecule has 1 aliphatic heterocycles. The summed E-state index contributed by atoms with van der Waals surface area (Å²) in [4.78, 5) is 18.8. The number of carbonyl (C=O) groups excluding carboxylic acids is 1. The molecule has 0 bridgehead atoms. The highest BCUT2D eigenvalue weighted by atomic mass is 16.5. The van der Waals surface area contributed by atoms with Gasteiger partial charge in [0.15, 0.2) is 0 Å². The van der Waals surface area contributed by atoms with Gasteiger partial charge in [0.2, 0.25) is 0 Å². The number of rotatable bonds is 2. The largest absolute Gasteiger partial charge is 0.465 e. The maximum Gasteiger partial charge on any atom is 0.338 e. The van der Waals surface area contributed by atoms with Crippen LogP contribution in [-0.4, -0.2) is 44.2 Å². The van der Waals surface area contributed by atoms with E-state index in [9.17, 15) is 4.79 Å². The second-order valence-electron chi connectivity index (χ2n) is 5.12. The molecule has 5 heteroatoms. The topological polar surface area (TPSA) is 54.5 Å². The second kappa shape index (κ2) is 6.10. The Morgan fingerprint density at radius 3 is 3.05 bits per heavy atom. The van der Waals surface area contributed by atoms with Crippen LogP contribution in [0.25, 0.3) is 10.8 Å². The lowest BCUT2D eigenvalue weighted by Crippen LogP contribution is -2.29. The molecule has 0 radical (unpaired) electrons. The summed E-state index contributed by atoms with van der Waals surface area (Å²) >= 11 is 0. The zero-order chi connectivity index (χ0) is 14.7. The zero-order valence-electron chi connectivity index (χ0n) is 12.1. The summed E-state index contributed by atoms with van der Waals surface area (Å²) in [6.45, 7) is 3.78. The van der Waals surface area contributed by atoms with E-state index in [1.807, 2.05) is 18.2 Å². The number of pyridine rings is 1. The van der Waals surface area contributed by atoms with E-state index in [0.29, 0.717) is 5.56 Å². The molecule has 110 valence electrons. The molecule has 0 spiro atoms. The van der Waals surface area contributed by atoms with Crippen LogP contribution >= 0.6 is 0 Å². The van der Waals surface area contributed by atoms with Gasteiger partial charge in [0.25, 0.3) is 0 Å². The lowest BCUT2D eigenvalue weighted by atomic mass is 10.1. The van der Waals surface area contributed by atoms with E-state index in [4.69, 9.17) is 4.74 Å². The third kappa shape index (κ3) is 2.69. The molecule has 5 nitrogen and oxygen atoms in total. The van der Waals surface area contributed by atoms with Crippen LogP contribution in [-0.2, 0) is 4.74 Å². The van der Waals surface area contributed by atoms with Crippen LogP contribution in [0.2, 0.25) is 0 Å². The Morgan fingerprint density at radius 1 is 1.29 bits per heavy atom. The van der Waals surface area contributed by atoms with Crippen molar-refractivity contribution < 1.29 is 9.53 Å². The molecule has 1 saturated heterocycles. The van der Waals surface area contributed by atoms with Crippen LogP contribution < -0.4 is 10.2 Å². The minimum Gasteiger partial charge on any atom is -0.465 e. The Morgan fingerprint density at radius 2 is 2.19 bits per heavy atom. The standard InChI is InChI=1S/C16H19N3O2/c1-21-16(20)13-5-2-4-12-6-8-18-15(14(12)13)19-10-3-7-17-9-11-19/h2,4-6,8,17H,3,7,9-11H2,1H3. The summed E-state index contributed by atoms with van der Waals surface area (Å²) < 4.78 is 4.91. The second-order valence-corrected chi connectivity index (χ2v) is 5.12. The monoisotopic (exact) mass is 285 g/mol. The molecule has 1 aromatic carbocycles. The number of nitrogens with zero attached hydrogens (tertiary/aromatic N) is 2. The van der Waals surface area contributed by atoms with Crippen molar-refractivity contribution in [3.8, 4) is 0 Å². The fourth-order valence-electron chi connectivity index (χ4n) is 2.79. The molecule has 1 N–H and O–H groups in total. The van der Waals surface area contributed by atoms with Gasteiger partial charge in [0, 0.05) is 31.2 Å². The quantitative estimate of drug-likeness (QED) is 0.853. The average Bonchev–Trinajstić information content (AvgIpc) is 2.82. The predicted octanol–water partition coefficient (Wildman–Crippen LogP) is 1.82. The molecule has 0 unspecified atom stereocenters. The summed E-state index contributed by atoms with van der Waals surface area (Å²) in [5.74, 6) is 0.556. The van der Waals surface area contributed by atoms with Crippen molar-refractivity contribution in [2.75, 3.05) is 38.2 Å². The van der Waals surface area contributed by atoms with Crippen LogP contribution in [0.4, 0.5) is 5.82 Å². The van der Waals surface area contributed by atoms with Crippen LogP contribution in [0.15, 0.2) is 30.5 Å². The highest BCUT2D eigenvalue weighted by Gasteiger charge is 2.19. The van der Waals surface area contributed by atoms with Gasteiger partial charge in [0.05, 0.1) is 12.7 Å². The van der Waals surface area contributed by atoms with Gasteiger partial charge < -0.3 is 15.0 Å². The summed E-state index contributed by atoms with van der Waals surface area (Å²) in [5, 5.41) is 5.28. The molecule has 2 aromatic rings. The van der Waals surface area contributed by atoms with Crippen molar-refractivity contribution >= 4 is 22.6 Å². The molecule has 21 heavy (non-hydrogen) atoms. The lowest BCUT2D eigenvalue weighted by molar-refractivity contribution is 0.0603. The summed E-state index contributed by atoms with van der Waals surface area (Å²) in [6.07, 6.45) is 2.87. The molecule has 0 saturated carbocycles. The summed E-state index contributed by atoms with van der Waals surface area (Å²) in [7, 11) is 1.41. The number of anilines is 1. The van der Waals surface area contributed by atoms with Crippen LogP contribution in [0.3, 0.4) is 0 Å². The molecule has 0 amide bonds. The highest BCUT2D eigenvalue weighted by molar-refractivity contribution is 6.08. The van der Waals surface area contributed by atoms with Crippen molar-refractivity contribution in [3.63, 3.8) is 0 Å². The molecule has 2 heterocycles. The molecule has 0 aliphatic carbocycles. The number of hydrogen-bond donors (Lipinski definition) is 1. The highest BCUT2D eigenvalue weighted by Crippen LogP contribution is 2.28. The van der Waals surface area contributed by atoms with E-state index in [1.165, 1.54) is 7.11 Å². The van der Waals surface area contributed by atoms with E-state index in [2.05, 4.69) is 15.2 Å². The minimum absolute atomic E-state index is 0.317. The first-order valence-electron chi connectivity index (χ1n) is 7.23. The van der Waals surface area contributed by atoms with Gasteiger partial charge in [-0.3, -0.25) is 0 Å². The number of benzene rings is 1. The fraction of sp³-hybridized carbons (Fsp3) is 0.375. The van der Waals surface area contributed by atoms with E-state index >= 15 is 0 Å². The van der Waals surface area contributed by atoms with E-state index in [0.717, 1.165) is 49.2 Å². The molecule has 1 fully saturated rings. The zero-order valence-corrected chi connectivity index (χ0v) is 12.1. The first kappa shape index (κ1) is 13.8. The third-order valence-corrected chi connectivity index (χ3v) is 3.82. The van der Waals surface area contributed by atoms with Gasteiger partial charge in [0.1, 0.15) is 5.82 Å². The first-order chi connectivity index (χ1) is 10.3. The number of esters is 1. The minimum atomic E-state index is -0.317. The van der Waals surface area contributed by atoms with Crippen molar-refractivity contribution in [3.05, 3.63) is 36.0 Å². The van der Waals surface area contributed by atoms with E-state index in [-0.39, 0.29) is 5.97 Å². The smallest absolute Gasteiger partial charge is 0.338 e. The summed E-state index contributed by atoms with van der Waals surface area (Å²) in [5.41, 5.74) is 0.579. The van der Waals surface area contributed by atoms with Gasteiger partial charge in [-0.15, -0.1) is 0 Å². The van der Waals surface area contributed by atoms with Gasteiger partial charge >= 0.3 is 5.97 Å². The number of aromatic nitrogens is 1. The van der Waals surface area contributed by atoms with Crippen molar-refractivity contribution in [1.29, 1.82) is 0 Å². The van der Waals surface area contributed by atoms with Crippen LogP contribution in [0.5, 0.6) is 0 Å². The average molecular weight is 285 g/mol. The van der Waals surface area contributed by atoms with Crippen molar-refractivity contribution in [2.24, 2.45) is 0 Å². The van der Waals surface area contributed by atoms with Crippen molar-refractivity contribution in [2.45, 2.75) is 6.42 Å². The SMILES string of the molecule is COC(=O)c1cccc2ccnc(N3CCCNCC3)c12. The Bertz CT molecular complexity index is 644. The number of carbonyl (C=O) groups is 1. The number of methoxy groups -OCH3 is 1. The van der Waals surface area contributed by atoms with Gasteiger partial charge in [-0.05, 0) is 30.5 Å². The molecular formula is C16H19N3O2. The van der Waals surface area contributed by atoms with Crippen molar-refractivity contribution in [1.82, 2.24) is 10.3 Å². The normalized spacial score (nSPS) is 15.8. The predicted molar refractivity (Wildman–Crippen MR) is 82.8 cm³/mol. The lowest BCUT2D eigenvalue weighted by Gasteiger charge is -2.23. The number of fused-ring (bicyclic) bond motifs is 1.